The highest BCUT2D eigenvalue weighted by Gasteiger charge is 1.89. The molecule has 0 fully saturated rings. The topological polar surface area (TPSA) is 0 Å². The molecular formula is C16H22. The maximum atomic E-state index is 2.28. The van der Waals surface area contributed by atoms with Crippen LogP contribution in [0, 0.1) is 0 Å². The second-order valence-electron chi connectivity index (χ2n) is 4.14. The van der Waals surface area contributed by atoms with Gasteiger partial charge in [0, 0.05) is 0 Å². The number of aryl methyl sites for hydroxylation is 1. The molecule has 16 heavy (non-hydrogen) atoms. The van der Waals surface area contributed by atoms with Crippen LogP contribution in [0.4, 0.5) is 0 Å². The Kier molecular flexibility index (Phi) is 6.32. The van der Waals surface area contributed by atoms with Gasteiger partial charge in [0.05, 0.1) is 0 Å². The summed E-state index contributed by atoms with van der Waals surface area (Å²) >= 11 is 0. The summed E-state index contributed by atoms with van der Waals surface area (Å²) < 4.78 is 0. The molecular weight excluding hydrogens is 192 g/mol. The molecule has 0 amide bonds. The molecule has 0 atom stereocenters. The smallest absolute Gasteiger partial charge is 0.0276 e. The molecule has 0 aromatic heterocycles. The van der Waals surface area contributed by atoms with Crippen molar-refractivity contribution in [3.8, 4) is 0 Å². The molecule has 0 aliphatic carbocycles. The van der Waals surface area contributed by atoms with Gasteiger partial charge in [-0.15, -0.1) is 0 Å². The van der Waals surface area contributed by atoms with Gasteiger partial charge in [-0.1, -0.05) is 61.1 Å². The molecule has 1 rings (SSSR count). The van der Waals surface area contributed by atoms with Gasteiger partial charge >= 0.3 is 0 Å². The first-order valence-corrected chi connectivity index (χ1v) is 6.20. The fourth-order valence-electron chi connectivity index (χ4n) is 1.73. The molecule has 0 unspecified atom stereocenters. The number of rotatable bonds is 6. The molecule has 0 nitrogen and oxygen atoms in total. The monoisotopic (exact) mass is 214 g/mol. The Balaban J connectivity index is 2.20. The minimum atomic E-state index is 1.13. The third-order valence-corrected chi connectivity index (χ3v) is 2.59. The van der Waals surface area contributed by atoms with Crippen LogP contribution in [0.2, 0.25) is 0 Å². The molecule has 0 heteroatoms. The summed E-state index contributed by atoms with van der Waals surface area (Å²) in [6.45, 7) is 4.34. The molecule has 0 heterocycles. The summed E-state index contributed by atoms with van der Waals surface area (Å²) in [4.78, 5) is 0. The highest BCUT2D eigenvalue weighted by Crippen LogP contribution is 2.06. The first kappa shape index (κ1) is 12.8. The normalized spacial score (nSPS) is 12.2. The summed E-state index contributed by atoms with van der Waals surface area (Å²) in [6, 6.07) is 10.7. The zero-order valence-corrected chi connectivity index (χ0v) is 10.4. The van der Waals surface area contributed by atoms with E-state index in [4.69, 9.17) is 0 Å². The number of allylic oxidation sites excluding steroid dienone is 4. The molecule has 0 bridgehead atoms. The second-order valence-corrected chi connectivity index (χ2v) is 4.14. The quantitative estimate of drug-likeness (QED) is 0.465. The molecule has 1 aromatic rings. The lowest BCUT2D eigenvalue weighted by Gasteiger charge is -1.98. The van der Waals surface area contributed by atoms with Gasteiger partial charge in [0.2, 0.25) is 0 Å². The van der Waals surface area contributed by atoms with Crippen molar-refractivity contribution >= 4 is 0 Å². The fourth-order valence-corrected chi connectivity index (χ4v) is 1.73. The van der Waals surface area contributed by atoms with E-state index in [-0.39, 0.29) is 0 Å². The van der Waals surface area contributed by atoms with Gasteiger partial charge in [0.25, 0.3) is 0 Å². The van der Waals surface area contributed by atoms with Crippen LogP contribution in [0.5, 0.6) is 0 Å². The number of hydrogen-bond acceptors (Lipinski definition) is 0. The van der Waals surface area contributed by atoms with Crippen molar-refractivity contribution in [3.05, 3.63) is 59.7 Å². The zero-order chi connectivity index (χ0) is 11.6. The van der Waals surface area contributed by atoms with Crippen LogP contribution >= 0.6 is 0 Å². The van der Waals surface area contributed by atoms with Gasteiger partial charge in [0.1, 0.15) is 0 Å². The lowest BCUT2D eigenvalue weighted by Crippen LogP contribution is -1.82. The average Bonchev–Trinajstić information content (AvgIpc) is 2.30. The van der Waals surface area contributed by atoms with E-state index in [0.29, 0.717) is 0 Å². The van der Waals surface area contributed by atoms with Crippen molar-refractivity contribution < 1.29 is 0 Å². The Bertz CT molecular complexity index is 330. The lowest BCUT2D eigenvalue weighted by molar-refractivity contribution is 0.842. The average molecular weight is 214 g/mol. The zero-order valence-electron chi connectivity index (χ0n) is 10.4. The standard InChI is InChI=1S/C16H22/c1-3-10-15(2)11-6-4-7-12-16-13-8-5-9-14-16/h5-6,8-11,13-14H,3-4,7,12H2,1-2H3/b11-6-,15-10-. The van der Waals surface area contributed by atoms with E-state index in [1.165, 1.54) is 30.4 Å². The van der Waals surface area contributed by atoms with Gasteiger partial charge in [-0.2, -0.15) is 0 Å². The summed E-state index contributed by atoms with van der Waals surface area (Å²) in [7, 11) is 0. The van der Waals surface area contributed by atoms with Crippen LogP contribution in [0.15, 0.2) is 54.1 Å². The molecule has 0 aliphatic heterocycles. The number of unbranched alkanes of at least 4 members (excludes halogenated alkanes) is 1. The van der Waals surface area contributed by atoms with E-state index in [2.05, 4.69) is 62.4 Å². The van der Waals surface area contributed by atoms with Crippen molar-refractivity contribution in [2.75, 3.05) is 0 Å². The fraction of sp³-hybridized carbons (Fsp3) is 0.375. The van der Waals surface area contributed by atoms with Gasteiger partial charge in [-0.3, -0.25) is 0 Å². The lowest BCUT2D eigenvalue weighted by atomic mass is 10.1. The molecule has 0 aliphatic rings. The highest BCUT2D eigenvalue weighted by atomic mass is 14.0. The molecule has 0 saturated heterocycles. The number of hydrogen-bond donors (Lipinski definition) is 0. The van der Waals surface area contributed by atoms with Gasteiger partial charge in [-0.05, 0) is 38.2 Å². The molecule has 86 valence electrons. The van der Waals surface area contributed by atoms with Crippen LogP contribution < -0.4 is 0 Å². The van der Waals surface area contributed by atoms with E-state index in [9.17, 15) is 0 Å². The van der Waals surface area contributed by atoms with Crippen LogP contribution in [-0.2, 0) is 6.42 Å². The summed E-state index contributed by atoms with van der Waals surface area (Å²) in [5.41, 5.74) is 2.82. The van der Waals surface area contributed by atoms with Crippen LogP contribution in [0.1, 0.15) is 38.7 Å². The SMILES string of the molecule is CC/C=C(C)\C=C/CCCc1ccccc1. The highest BCUT2D eigenvalue weighted by molar-refractivity contribution is 5.16. The van der Waals surface area contributed by atoms with Crippen LogP contribution in [0.25, 0.3) is 0 Å². The Morgan fingerprint density at radius 3 is 2.62 bits per heavy atom. The van der Waals surface area contributed by atoms with Gasteiger partial charge < -0.3 is 0 Å². The predicted molar refractivity (Wildman–Crippen MR) is 72.6 cm³/mol. The third kappa shape index (κ3) is 5.55. The van der Waals surface area contributed by atoms with Crippen molar-refractivity contribution in [2.24, 2.45) is 0 Å². The maximum absolute atomic E-state index is 2.28. The van der Waals surface area contributed by atoms with Crippen LogP contribution in [0.3, 0.4) is 0 Å². The van der Waals surface area contributed by atoms with E-state index in [1.54, 1.807) is 0 Å². The molecule has 0 spiro atoms. The van der Waals surface area contributed by atoms with E-state index in [0.717, 1.165) is 6.42 Å². The Morgan fingerprint density at radius 1 is 1.19 bits per heavy atom. The first-order valence-electron chi connectivity index (χ1n) is 6.20. The number of benzene rings is 1. The van der Waals surface area contributed by atoms with E-state index >= 15 is 0 Å². The molecule has 1 aromatic carbocycles. The Labute approximate surface area is 99.7 Å². The summed E-state index contributed by atoms with van der Waals surface area (Å²) in [5, 5.41) is 0. The minimum absolute atomic E-state index is 1.13. The Hall–Kier alpha value is -1.30. The minimum Gasteiger partial charge on any atom is -0.0843 e. The van der Waals surface area contributed by atoms with Crippen molar-refractivity contribution in [1.29, 1.82) is 0 Å². The van der Waals surface area contributed by atoms with Crippen LogP contribution in [-0.4, -0.2) is 0 Å². The largest absolute Gasteiger partial charge is 0.0843 e. The Morgan fingerprint density at radius 2 is 1.94 bits per heavy atom. The predicted octanol–water partition coefficient (Wildman–Crippen LogP) is 4.92. The van der Waals surface area contributed by atoms with E-state index in [1.807, 2.05) is 0 Å². The molecule has 0 radical (unpaired) electrons. The maximum Gasteiger partial charge on any atom is -0.0276 e. The third-order valence-electron chi connectivity index (χ3n) is 2.59. The first-order chi connectivity index (χ1) is 7.83. The van der Waals surface area contributed by atoms with E-state index < -0.39 is 0 Å². The van der Waals surface area contributed by atoms with Gasteiger partial charge in [-0.25, -0.2) is 0 Å². The van der Waals surface area contributed by atoms with Crippen molar-refractivity contribution in [2.45, 2.75) is 39.5 Å². The van der Waals surface area contributed by atoms with Crippen molar-refractivity contribution in [1.82, 2.24) is 0 Å². The van der Waals surface area contributed by atoms with Crippen molar-refractivity contribution in [3.63, 3.8) is 0 Å². The molecule has 0 saturated carbocycles. The summed E-state index contributed by atoms with van der Waals surface area (Å²) in [6.07, 6.45) is 11.5. The second kappa shape index (κ2) is 7.92. The molecule has 0 N–H and O–H groups in total. The van der Waals surface area contributed by atoms with Gasteiger partial charge in [0.15, 0.2) is 0 Å². The summed E-state index contributed by atoms with van der Waals surface area (Å²) in [5.74, 6) is 0.